The molecule has 3 fully saturated rings. The number of hydrogen-bond acceptors (Lipinski definition) is 5. The van der Waals surface area contributed by atoms with E-state index in [2.05, 4.69) is 22.5 Å². The van der Waals surface area contributed by atoms with Crippen LogP contribution in [0, 0.1) is 5.92 Å². The molecule has 1 aliphatic carbocycles. The molecule has 2 saturated heterocycles. The maximum absolute atomic E-state index is 12.5. The average molecular weight is 383 g/mol. The van der Waals surface area contributed by atoms with E-state index in [9.17, 15) is 9.59 Å². The molecule has 3 atom stereocenters. The van der Waals surface area contributed by atoms with E-state index < -0.39 is 0 Å². The maximum atomic E-state index is 12.5. The lowest BCUT2D eigenvalue weighted by Crippen LogP contribution is -2.53. The van der Waals surface area contributed by atoms with Gasteiger partial charge in [-0.2, -0.15) is 11.8 Å². The Hall–Kier alpha value is -0.790. The van der Waals surface area contributed by atoms with E-state index in [1.54, 1.807) is 0 Å². The highest BCUT2D eigenvalue weighted by Crippen LogP contribution is 2.23. The lowest BCUT2D eigenvalue weighted by atomic mass is 9.87. The third-order valence-corrected chi connectivity index (χ3v) is 6.94. The molecule has 2 aliphatic heterocycles. The molecule has 0 radical (unpaired) electrons. The summed E-state index contributed by atoms with van der Waals surface area (Å²) in [6, 6.07) is 0.679. The Kier molecular flexibility index (Phi) is 7.64. The number of carbonyl (C=O) groups excluding carboxylic acids is 2. The molecule has 2 amide bonds. The first-order chi connectivity index (χ1) is 12.6. The van der Waals surface area contributed by atoms with Crippen molar-refractivity contribution < 1.29 is 9.59 Å². The molecule has 7 heteroatoms. The van der Waals surface area contributed by atoms with E-state index >= 15 is 0 Å². The monoisotopic (exact) mass is 382 g/mol. The Morgan fingerprint density at radius 2 is 2.00 bits per heavy atom. The Balaban J connectivity index is 1.34. The van der Waals surface area contributed by atoms with E-state index in [1.165, 1.54) is 12.8 Å². The average Bonchev–Trinajstić information content (AvgIpc) is 2.63. The largest absolute Gasteiger partial charge is 0.352 e. The Bertz CT molecular complexity index is 476. The first-order valence-corrected chi connectivity index (χ1v) is 11.4. The molecule has 26 heavy (non-hydrogen) atoms. The molecule has 0 aromatic carbocycles. The van der Waals surface area contributed by atoms with Crippen molar-refractivity contribution in [3.8, 4) is 0 Å². The quantitative estimate of drug-likeness (QED) is 0.740. The number of hydrogen-bond donors (Lipinski definition) is 2. The molecule has 148 valence electrons. The van der Waals surface area contributed by atoms with Crippen molar-refractivity contribution in [1.82, 2.24) is 20.4 Å². The molecule has 6 nitrogen and oxygen atoms in total. The lowest BCUT2D eigenvalue weighted by molar-refractivity contribution is -0.133. The summed E-state index contributed by atoms with van der Waals surface area (Å²) in [6.07, 6.45) is 5.35. The first-order valence-electron chi connectivity index (χ1n) is 10.2. The predicted octanol–water partition coefficient (Wildman–Crippen LogP) is 0.921. The van der Waals surface area contributed by atoms with Gasteiger partial charge < -0.3 is 15.5 Å². The molecule has 0 spiro atoms. The van der Waals surface area contributed by atoms with Crippen molar-refractivity contribution in [3.63, 3.8) is 0 Å². The van der Waals surface area contributed by atoms with Gasteiger partial charge in [-0.05, 0) is 18.8 Å². The third-order valence-electron chi connectivity index (χ3n) is 5.81. The van der Waals surface area contributed by atoms with Gasteiger partial charge in [0, 0.05) is 62.7 Å². The highest BCUT2D eigenvalue weighted by molar-refractivity contribution is 7.99. The van der Waals surface area contributed by atoms with Gasteiger partial charge in [-0.15, -0.1) is 0 Å². The predicted molar refractivity (Wildman–Crippen MR) is 106 cm³/mol. The number of piperazine rings is 1. The minimum atomic E-state index is 0.146. The van der Waals surface area contributed by atoms with Gasteiger partial charge >= 0.3 is 0 Å². The lowest BCUT2D eigenvalue weighted by Gasteiger charge is -2.36. The van der Waals surface area contributed by atoms with E-state index in [-0.39, 0.29) is 11.8 Å². The number of nitrogens with zero attached hydrogens (tertiary/aromatic N) is 2. The van der Waals surface area contributed by atoms with Gasteiger partial charge in [-0.1, -0.05) is 19.8 Å². The van der Waals surface area contributed by atoms with Crippen LogP contribution in [0.4, 0.5) is 0 Å². The molecular weight excluding hydrogens is 348 g/mol. The number of carbonyl (C=O) groups is 2. The molecule has 2 heterocycles. The SMILES string of the molecule is CC1CCCC(NC(=O)CN2CCN(C(=O)CC3CSCCN3)CC2)C1. The summed E-state index contributed by atoms with van der Waals surface area (Å²) in [5, 5.41) is 6.65. The number of rotatable bonds is 5. The van der Waals surface area contributed by atoms with Crippen LogP contribution in [0.25, 0.3) is 0 Å². The zero-order chi connectivity index (χ0) is 18.4. The molecular formula is C19H34N4O2S. The van der Waals surface area contributed by atoms with Gasteiger partial charge in [-0.25, -0.2) is 0 Å². The van der Waals surface area contributed by atoms with Crippen LogP contribution >= 0.6 is 11.8 Å². The van der Waals surface area contributed by atoms with Gasteiger partial charge in [0.05, 0.1) is 6.54 Å². The summed E-state index contributed by atoms with van der Waals surface area (Å²) in [6.45, 7) is 6.83. The van der Waals surface area contributed by atoms with Crippen molar-refractivity contribution in [2.75, 3.05) is 50.8 Å². The van der Waals surface area contributed by atoms with Crippen molar-refractivity contribution in [2.24, 2.45) is 5.92 Å². The number of thioether (sulfide) groups is 1. The molecule has 3 rings (SSSR count). The smallest absolute Gasteiger partial charge is 0.234 e. The normalized spacial score (nSPS) is 30.8. The highest BCUT2D eigenvalue weighted by Gasteiger charge is 2.26. The molecule has 0 aromatic heterocycles. The standard InChI is InChI=1S/C19H34N4O2S/c1-15-3-2-4-16(11-15)21-18(24)13-22-6-8-23(9-7-22)19(25)12-17-14-26-10-5-20-17/h15-17,20H,2-14H2,1H3,(H,21,24). The molecule has 3 aliphatic rings. The minimum Gasteiger partial charge on any atom is -0.352 e. The Morgan fingerprint density at radius 1 is 1.19 bits per heavy atom. The fourth-order valence-electron chi connectivity index (χ4n) is 4.29. The summed E-state index contributed by atoms with van der Waals surface area (Å²) >= 11 is 1.93. The van der Waals surface area contributed by atoms with Gasteiger partial charge in [0.15, 0.2) is 0 Å². The van der Waals surface area contributed by atoms with E-state index in [4.69, 9.17) is 0 Å². The van der Waals surface area contributed by atoms with Crippen molar-refractivity contribution in [1.29, 1.82) is 0 Å². The zero-order valence-electron chi connectivity index (χ0n) is 16.0. The topological polar surface area (TPSA) is 64.7 Å². The Morgan fingerprint density at radius 3 is 2.69 bits per heavy atom. The molecule has 0 aromatic rings. The van der Waals surface area contributed by atoms with Crippen LogP contribution in [0.3, 0.4) is 0 Å². The van der Waals surface area contributed by atoms with Crippen LogP contribution in [-0.2, 0) is 9.59 Å². The van der Waals surface area contributed by atoms with E-state index in [0.29, 0.717) is 25.0 Å². The van der Waals surface area contributed by atoms with Crippen molar-refractivity contribution in [2.45, 2.75) is 51.1 Å². The molecule has 2 N–H and O–H groups in total. The first kappa shape index (κ1) is 20.0. The van der Waals surface area contributed by atoms with Crippen LogP contribution in [0.2, 0.25) is 0 Å². The summed E-state index contributed by atoms with van der Waals surface area (Å²) in [5.74, 6) is 3.30. The fourth-order valence-corrected chi connectivity index (χ4v) is 5.24. The maximum Gasteiger partial charge on any atom is 0.234 e. The number of amides is 2. The van der Waals surface area contributed by atoms with Crippen LogP contribution in [0.15, 0.2) is 0 Å². The highest BCUT2D eigenvalue weighted by atomic mass is 32.2. The van der Waals surface area contributed by atoms with Crippen LogP contribution < -0.4 is 10.6 Å². The molecule has 0 bridgehead atoms. The van der Waals surface area contributed by atoms with Gasteiger partial charge in [0.2, 0.25) is 11.8 Å². The summed E-state index contributed by atoms with van der Waals surface area (Å²) in [4.78, 5) is 28.9. The van der Waals surface area contributed by atoms with Gasteiger partial charge in [-0.3, -0.25) is 14.5 Å². The number of nitrogens with one attached hydrogen (secondary N) is 2. The van der Waals surface area contributed by atoms with E-state index in [1.807, 2.05) is 16.7 Å². The van der Waals surface area contributed by atoms with Crippen LogP contribution in [-0.4, -0.2) is 84.5 Å². The third kappa shape index (κ3) is 6.13. The molecule has 3 unspecified atom stereocenters. The van der Waals surface area contributed by atoms with Crippen LogP contribution in [0.5, 0.6) is 0 Å². The van der Waals surface area contributed by atoms with Gasteiger partial charge in [0.25, 0.3) is 0 Å². The second-order valence-electron chi connectivity index (χ2n) is 8.12. The van der Waals surface area contributed by atoms with Crippen molar-refractivity contribution >= 4 is 23.6 Å². The minimum absolute atomic E-state index is 0.146. The fraction of sp³-hybridized carbons (Fsp3) is 0.895. The summed E-state index contributed by atoms with van der Waals surface area (Å²) in [5.41, 5.74) is 0. The van der Waals surface area contributed by atoms with Crippen LogP contribution in [0.1, 0.15) is 39.0 Å². The van der Waals surface area contributed by atoms with Gasteiger partial charge in [0.1, 0.15) is 0 Å². The second-order valence-corrected chi connectivity index (χ2v) is 9.27. The zero-order valence-corrected chi connectivity index (χ0v) is 16.9. The summed E-state index contributed by atoms with van der Waals surface area (Å²) in [7, 11) is 0. The second kappa shape index (κ2) is 9.95. The summed E-state index contributed by atoms with van der Waals surface area (Å²) < 4.78 is 0. The Labute approximate surface area is 161 Å². The van der Waals surface area contributed by atoms with E-state index in [0.717, 1.165) is 63.0 Å². The molecule has 1 saturated carbocycles. The van der Waals surface area contributed by atoms with Crippen molar-refractivity contribution in [3.05, 3.63) is 0 Å².